The minimum Gasteiger partial charge on any atom is -0.445 e. The molecule has 210 valence electrons. The van der Waals surface area contributed by atoms with Crippen molar-refractivity contribution in [3.8, 4) is 11.3 Å². The van der Waals surface area contributed by atoms with Gasteiger partial charge in [0.2, 0.25) is 0 Å². The van der Waals surface area contributed by atoms with Crippen LogP contribution in [-0.4, -0.2) is 43.8 Å². The molecule has 1 aliphatic rings. The fourth-order valence-electron chi connectivity index (χ4n) is 5.36. The second kappa shape index (κ2) is 10.3. The van der Waals surface area contributed by atoms with Gasteiger partial charge in [-0.05, 0) is 75.6 Å². The number of carbonyl (C=O) groups is 2. The van der Waals surface area contributed by atoms with Crippen LogP contribution in [0.3, 0.4) is 0 Å². The number of hydrogen-bond acceptors (Lipinski definition) is 6. The highest BCUT2D eigenvalue weighted by Crippen LogP contribution is 2.35. The zero-order valence-corrected chi connectivity index (χ0v) is 23.4. The van der Waals surface area contributed by atoms with Crippen LogP contribution in [0.5, 0.6) is 0 Å². The summed E-state index contributed by atoms with van der Waals surface area (Å²) < 4.78 is 12.9. The number of H-pyrrole nitrogens is 1. The number of rotatable bonds is 4. The molecule has 6 rings (SSSR count). The summed E-state index contributed by atoms with van der Waals surface area (Å²) in [5, 5.41) is 0.837. The Hall–Kier alpha value is -4.79. The number of imidazole rings is 1. The Morgan fingerprint density at radius 2 is 1.83 bits per heavy atom. The fraction of sp³-hybridized carbons (Fsp3) is 0.281. The summed E-state index contributed by atoms with van der Waals surface area (Å²) in [4.78, 5) is 36.3. The number of amides is 1. The quantitative estimate of drug-likeness (QED) is 0.232. The van der Waals surface area contributed by atoms with Crippen molar-refractivity contribution in [2.45, 2.75) is 51.9 Å². The molecule has 9 heteroatoms. The van der Waals surface area contributed by atoms with Crippen LogP contribution in [0.1, 0.15) is 51.0 Å². The van der Waals surface area contributed by atoms with Crippen LogP contribution in [0.15, 0.2) is 72.8 Å². The number of benzene rings is 3. The summed E-state index contributed by atoms with van der Waals surface area (Å²) in [5.74, 6) is 0.715. The van der Waals surface area contributed by atoms with Gasteiger partial charge in [-0.15, -0.1) is 0 Å². The van der Waals surface area contributed by atoms with Crippen molar-refractivity contribution >= 4 is 39.8 Å². The molecule has 0 spiro atoms. The van der Waals surface area contributed by atoms with Gasteiger partial charge in [0.05, 0.1) is 28.3 Å². The molecule has 9 nitrogen and oxygen atoms in total. The number of hydrogen-bond donors (Lipinski definition) is 2. The molecule has 0 unspecified atom stereocenters. The van der Waals surface area contributed by atoms with E-state index in [4.69, 9.17) is 20.2 Å². The van der Waals surface area contributed by atoms with E-state index in [1.807, 2.05) is 87.5 Å². The third kappa shape index (κ3) is 5.35. The van der Waals surface area contributed by atoms with Crippen LogP contribution in [-0.2, 0) is 16.1 Å². The lowest BCUT2D eigenvalue weighted by atomic mass is 10.1. The normalized spacial score (nSPS) is 15.5. The molecule has 0 saturated carbocycles. The highest BCUT2D eigenvalue weighted by Gasteiger charge is 2.33. The Bertz CT molecular complexity index is 1750. The number of nitrogen functional groups attached to an aromatic ring is 1. The molecule has 0 aliphatic carbocycles. The number of nitrogens with zero attached hydrogens (tertiary/aromatic N) is 3. The van der Waals surface area contributed by atoms with Crippen molar-refractivity contribution in [2.75, 3.05) is 12.3 Å². The van der Waals surface area contributed by atoms with E-state index in [0.717, 1.165) is 40.4 Å². The molecule has 3 N–H and O–H groups in total. The maximum atomic E-state index is 13.3. The lowest BCUT2D eigenvalue weighted by Gasteiger charge is -2.22. The van der Waals surface area contributed by atoms with Gasteiger partial charge in [0, 0.05) is 23.2 Å². The van der Waals surface area contributed by atoms with Crippen LogP contribution in [0, 0.1) is 0 Å². The van der Waals surface area contributed by atoms with Gasteiger partial charge in [0.25, 0.3) is 0 Å². The SMILES string of the molecule is CC(C)(C)OC(=O)n1c(-c2ccc3[nH]c([C@@H]4CCCN4C(=O)OCc4ccccc4)nc3c2)cc2cc(N)ccc21. The number of aromatic amines is 1. The molecule has 1 saturated heterocycles. The van der Waals surface area contributed by atoms with Crippen LogP contribution >= 0.6 is 0 Å². The molecule has 1 aliphatic heterocycles. The number of likely N-dealkylation sites (tertiary alicyclic amines) is 1. The molecular weight excluding hydrogens is 518 g/mol. The molecule has 41 heavy (non-hydrogen) atoms. The molecule has 1 fully saturated rings. The first kappa shape index (κ1) is 26.4. The van der Waals surface area contributed by atoms with Crippen molar-refractivity contribution in [1.29, 1.82) is 0 Å². The highest BCUT2D eigenvalue weighted by molar-refractivity contribution is 5.98. The number of ether oxygens (including phenoxy) is 2. The topological polar surface area (TPSA) is 115 Å². The third-order valence-electron chi connectivity index (χ3n) is 7.21. The summed E-state index contributed by atoms with van der Waals surface area (Å²) in [6.45, 7) is 6.36. The van der Waals surface area contributed by atoms with Crippen molar-refractivity contribution in [1.82, 2.24) is 19.4 Å². The minimum atomic E-state index is -0.658. The van der Waals surface area contributed by atoms with Crippen molar-refractivity contribution in [3.05, 3.63) is 84.2 Å². The maximum Gasteiger partial charge on any atom is 0.419 e. The van der Waals surface area contributed by atoms with Gasteiger partial charge in [-0.1, -0.05) is 36.4 Å². The van der Waals surface area contributed by atoms with Gasteiger partial charge < -0.3 is 20.2 Å². The summed E-state index contributed by atoms with van der Waals surface area (Å²) in [6.07, 6.45) is 0.845. The van der Waals surface area contributed by atoms with E-state index in [9.17, 15) is 9.59 Å². The first-order valence-corrected chi connectivity index (χ1v) is 13.8. The second-order valence-corrected chi connectivity index (χ2v) is 11.4. The lowest BCUT2D eigenvalue weighted by Crippen LogP contribution is -2.31. The molecule has 5 aromatic rings. The molecule has 1 amide bonds. The van der Waals surface area contributed by atoms with Gasteiger partial charge in [0.1, 0.15) is 18.0 Å². The van der Waals surface area contributed by atoms with E-state index >= 15 is 0 Å². The number of fused-ring (bicyclic) bond motifs is 2. The number of aromatic nitrogens is 3. The molecule has 0 radical (unpaired) electrons. The van der Waals surface area contributed by atoms with Crippen molar-refractivity contribution in [2.24, 2.45) is 0 Å². The largest absolute Gasteiger partial charge is 0.445 e. The van der Waals surface area contributed by atoms with E-state index < -0.39 is 11.7 Å². The zero-order chi connectivity index (χ0) is 28.7. The zero-order valence-electron chi connectivity index (χ0n) is 23.4. The Balaban J connectivity index is 1.31. The van der Waals surface area contributed by atoms with E-state index in [0.29, 0.717) is 29.3 Å². The number of nitrogens with one attached hydrogen (secondary N) is 1. The number of carbonyl (C=O) groups excluding carboxylic acids is 2. The standard InChI is InChI=1S/C32H33N5O4/c1-32(2,3)41-31(39)37-26-14-12-23(33)16-22(26)18-28(37)21-11-13-24-25(17-21)35-29(34-24)27-10-7-15-36(27)30(38)40-19-20-8-5-4-6-9-20/h4-6,8-9,11-14,16-18,27H,7,10,15,19,33H2,1-3H3,(H,34,35)/t27-/m0/s1. The summed E-state index contributed by atoms with van der Waals surface area (Å²) in [5.41, 5.74) is 10.7. The number of anilines is 1. The fourth-order valence-corrected chi connectivity index (χ4v) is 5.36. The molecule has 2 aromatic heterocycles. The van der Waals surface area contributed by atoms with E-state index in [2.05, 4.69) is 4.98 Å². The number of nitrogens with two attached hydrogens (primary N) is 1. The summed E-state index contributed by atoms with van der Waals surface area (Å²) in [7, 11) is 0. The molecule has 3 aromatic carbocycles. The van der Waals surface area contributed by atoms with E-state index in [-0.39, 0.29) is 18.7 Å². The monoisotopic (exact) mass is 551 g/mol. The Morgan fingerprint density at radius 3 is 2.61 bits per heavy atom. The summed E-state index contributed by atoms with van der Waals surface area (Å²) in [6, 6.07) is 22.7. The van der Waals surface area contributed by atoms with Crippen molar-refractivity contribution < 1.29 is 19.1 Å². The van der Waals surface area contributed by atoms with Gasteiger partial charge >= 0.3 is 12.2 Å². The highest BCUT2D eigenvalue weighted by atomic mass is 16.6. The predicted octanol–water partition coefficient (Wildman–Crippen LogP) is 7.02. The van der Waals surface area contributed by atoms with E-state index in [1.54, 1.807) is 15.5 Å². The van der Waals surface area contributed by atoms with Crippen LogP contribution in [0.4, 0.5) is 15.3 Å². The van der Waals surface area contributed by atoms with Gasteiger partial charge in [-0.3, -0.25) is 4.90 Å². The van der Waals surface area contributed by atoms with Crippen LogP contribution in [0.25, 0.3) is 33.2 Å². The minimum absolute atomic E-state index is 0.203. The van der Waals surface area contributed by atoms with Gasteiger partial charge in [-0.25, -0.2) is 19.1 Å². The van der Waals surface area contributed by atoms with Crippen LogP contribution < -0.4 is 5.73 Å². The Labute approximate surface area is 237 Å². The Morgan fingerprint density at radius 1 is 1.02 bits per heavy atom. The van der Waals surface area contributed by atoms with Crippen molar-refractivity contribution in [3.63, 3.8) is 0 Å². The Kier molecular flexibility index (Phi) is 6.65. The van der Waals surface area contributed by atoms with E-state index in [1.165, 1.54) is 0 Å². The first-order valence-electron chi connectivity index (χ1n) is 13.8. The third-order valence-corrected chi connectivity index (χ3v) is 7.21. The lowest BCUT2D eigenvalue weighted by molar-refractivity contribution is 0.0547. The summed E-state index contributed by atoms with van der Waals surface area (Å²) >= 11 is 0. The van der Waals surface area contributed by atoms with Gasteiger partial charge in [-0.2, -0.15) is 0 Å². The van der Waals surface area contributed by atoms with Gasteiger partial charge in [0.15, 0.2) is 0 Å². The smallest absolute Gasteiger partial charge is 0.419 e. The predicted molar refractivity (Wildman–Crippen MR) is 158 cm³/mol. The molecular formula is C32H33N5O4. The molecule has 0 bridgehead atoms. The first-order chi connectivity index (χ1) is 19.7. The average molecular weight is 552 g/mol. The average Bonchev–Trinajstić information content (AvgIpc) is 3.67. The van der Waals surface area contributed by atoms with Crippen LogP contribution in [0.2, 0.25) is 0 Å². The maximum absolute atomic E-state index is 13.3. The second-order valence-electron chi connectivity index (χ2n) is 11.4. The molecule has 3 heterocycles. The molecule has 1 atom stereocenters.